The molecule has 0 saturated heterocycles. The molecule has 0 aliphatic rings. The van der Waals surface area contributed by atoms with Crippen molar-refractivity contribution in [2.45, 2.75) is 38.8 Å². The van der Waals surface area contributed by atoms with Crippen LogP contribution in [-0.2, 0) is 9.53 Å². The van der Waals surface area contributed by atoms with E-state index in [9.17, 15) is 10.1 Å². The van der Waals surface area contributed by atoms with E-state index in [-0.39, 0.29) is 12.5 Å². The molecule has 1 amide bonds. The molecule has 138 valence electrons. The van der Waals surface area contributed by atoms with Crippen LogP contribution < -0.4 is 10.1 Å². The number of aromatic nitrogens is 1. The van der Waals surface area contributed by atoms with Gasteiger partial charge in [0.2, 0.25) is 0 Å². The highest BCUT2D eigenvalue weighted by atomic mass is 79.9. The van der Waals surface area contributed by atoms with Crippen molar-refractivity contribution in [3.8, 4) is 11.8 Å². The number of rotatable bonds is 7. The zero-order valence-electron chi connectivity index (χ0n) is 15.3. The second-order valence-electron chi connectivity index (χ2n) is 6.35. The first-order chi connectivity index (χ1) is 12.3. The predicted molar refractivity (Wildman–Crippen MR) is 103 cm³/mol. The number of amides is 1. The van der Waals surface area contributed by atoms with Gasteiger partial charge < -0.3 is 14.8 Å². The lowest BCUT2D eigenvalue weighted by Crippen LogP contribution is -2.52. The van der Waals surface area contributed by atoms with E-state index in [0.29, 0.717) is 12.2 Å². The fourth-order valence-electron chi connectivity index (χ4n) is 2.66. The highest BCUT2D eigenvalue weighted by Crippen LogP contribution is 2.26. The monoisotopic (exact) mass is 419 g/mol. The number of nitrogens with one attached hydrogen (secondary N) is 1. The zero-order valence-corrected chi connectivity index (χ0v) is 16.9. The van der Waals surface area contributed by atoms with Crippen molar-refractivity contribution in [3.63, 3.8) is 0 Å². The summed E-state index contributed by atoms with van der Waals surface area (Å²) in [5.41, 5.74) is 0.744. The van der Waals surface area contributed by atoms with E-state index in [0.717, 1.165) is 20.9 Å². The summed E-state index contributed by atoms with van der Waals surface area (Å²) in [7, 11) is 1.49. The molecule has 7 heteroatoms. The van der Waals surface area contributed by atoms with Crippen LogP contribution in [0.15, 0.2) is 28.9 Å². The van der Waals surface area contributed by atoms with Crippen LogP contribution in [0.25, 0.3) is 10.9 Å². The van der Waals surface area contributed by atoms with Crippen molar-refractivity contribution in [1.82, 2.24) is 10.3 Å². The molecule has 2 unspecified atom stereocenters. The average Bonchev–Trinajstić information content (AvgIpc) is 2.59. The number of ether oxygens (including phenoxy) is 2. The first-order valence-corrected chi connectivity index (χ1v) is 9.06. The van der Waals surface area contributed by atoms with E-state index in [1.807, 2.05) is 32.0 Å². The Bertz CT molecular complexity index is 850. The Hall–Kier alpha value is -2.17. The van der Waals surface area contributed by atoms with Gasteiger partial charge in [-0.05, 0) is 60.0 Å². The number of nitrogens with zero attached hydrogens (tertiary/aromatic N) is 2. The van der Waals surface area contributed by atoms with E-state index < -0.39 is 11.6 Å². The van der Waals surface area contributed by atoms with E-state index in [1.165, 1.54) is 7.11 Å². The number of hydrogen-bond donors (Lipinski definition) is 1. The minimum atomic E-state index is -1.10. The van der Waals surface area contributed by atoms with Gasteiger partial charge in [0.15, 0.2) is 6.10 Å². The standard InChI is InChI=1S/C19H22BrN3O3/c1-5-16(18(24)23-19(3,10-21)11-25-4)26-15-6-12(2)17-13(8-15)7-14(20)9-22-17/h6-9,16H,5,11H2,1-4H3,(H,23,24). The molecule has 6 nitrogen and oxygen atoms in total. The molecule has 1 aromatic carbocycles. The summed E-state index contributed by atoms with van der Waals surface area (Å²) < 4.78 is 11.8. The highest BCUT2D eigenvalue weighted by Gasteiger charge is 2.30. The number of methoxy groups -OCH3 is 1. The highest BCUT2D eigenvalue weighted by molar-refractivity contribution is 9.10. The third-order valence-electron chi connectivity index (χ3n) is 3.93. The third kappa shape index (κ3) is 4.71. The fourth-order valence-corrected chi connectivity index (χ4v) is 3.01. The maximum Gasteiger partial charge on any atom is 0.262 e. The summed E-state index contributed by atoms with van der Waals surface area (Å²) in [5, 5.41) is 12.9. The zero-order chi connectivity index (χ0) is 19.3. The molecule has 0 fully saturated rings. The number of halogens is 1. The van der Waals surface area contributed by atoms with E-state index in [2.05, 4.69) is 32.3 Å². The van der Waals surface area contributed by atoms with Gasteiger partial charge in [0, 0.05) is 23.2 Å². The predicted octanol–water partition coefficient (Wildman–Crippen LogP) is 3.51. The van der Waals surface area contributed by atoms with Gasteiger partial charge in [0.25, 0.3) is 5.91 Å². The number of carbonyl (C=O) groups is 1. The van der Waals surface area contributed by atoms with Gasteiger partial charge in [-0.1, -0.05) is 6.92 Å². The molecule has 2 rings (SSSR count). The average molecular weight is 420 g/mol. The molecule has 0 saturated carbocycles. The Morgan fingerprint density at radius 2 is 2.19 bits per heavy atom. The first-order valence-electron chi connectivity index (χ1n) is 8.26. The van der Waals surface area contributed by atoms with E-state index in [1.54, 1.807) is 13.1 Å². The van der Waals surface area contributed by atoms with Crippen LogP contribution >= 0.6 is 15.9 Å². The maximum atomic E-state index is 12.6. The number of aryl methyl sites for hydroxylation is 1. The van der Waals surface area contributed by atoms with Crippen LogP contribution in [0.4, 0.5) is 0 Å². The largest absolute Gasteiger partial charge is 0.481 e. The SMILES string of the molecule is CCC(Oc1cc(C)c2ncc(Br)cc2c1)C(=O)NC(C)(C#N)COC. The molecule has 1 heterocycles. The molecule has 26 heavy (non-hydrogen) atoms. The maximum absolute atomic E-state index is 12.6. The van der Waals surface area contributed by atoms with Gasteiger partial charge >= 0.3 is 0 Å². The second kappa shape index (κ2) is 8.47. The fraction of sp³-hybridized carbons (Fsp3) is 0.421. The summed E-state index contributed by atoms with van der Waals surface area (Å²) in [6, 6.07) is 7.73. The molecule has 2 aromatic rings. The molecular formula is C19H22BrN3O3. The van der Waals surface area contributed by atoms with Crippen molar-refractivity contribution < 1.29 is 14.3 Å². The van der Waals surface area contributed by atoms with Gasteiger partial charge in [-0.15, -0.1) is 0 Å². The van der Waals surface area contributed by atoms with Gasteiger partial charge in [0.05, 0.1) is 18.2 Å². The molecule has 0 bridgehead atoms. The summed E-state index contributed by atoms with van der Waals surface area (Å²) in [6.07, 6.45) is 1.50. The van der Waals surface area contributed by atoms with Crippen LogP contribution in [0.1, 0.15) is 25.8 Å². The van der Waals surface area contributed by atoms with Crippen LogP contribution in [-0.4, -0.2) is 36.3 Å². The van der Waals surface area contributed by atoms with E-state index in [4.69, 9.17) is 9.47 Å². The number of benzene rings is 1. The first kappa shape index (κ1) is 20.1. The Morgan fingerprint density at radius 3 is 2.81 bits per heavy atom. The summed E-state index contributed by atoms with van der Waals surface area (Å²) in [6.45, 7) is 5.52. The van der Waals surface area contributed by atoms with Crippen LogP contribution in [0.5, 0.6) is 5.75 Å². The molecule has 2 atom stereocenters. The Balaban J connectivity index is 2.23. The summed E-state index contributed by atoms with van der Waals surface area (Å²) >= 11 is 3.42. The van der Waals surface area contributed by atoms with Crippen LogP contribution in [0.3, 0.4) is 0 Å². The number of carbonyl (C=O) groups excluding carboxylic acids is 1. The Kier molecular flexibility index (Phi) is 6.57. The third-order valence-corrected chi connectivity index (χ3v) is 4.37. The molecule has 1 N–H and O–H groups in total. The smallest absolute Gasteiger partial charge is 0.262 e. The minimum absolute atomic E-state index is 0.0977. The van der Waals surface area contributed by atoms with Gasteiger partial charge in [-0.25, -0.2) is 0 Å². The van der Waals surface area contributed by atoms with Gasteiger partial charge in [-0.3, -0.25) is 9.78 Å². The lowest BCUT2D eigenvalue weighted by molar-refractivity contribution is -0.129. The Labute approximate surface area is 161 Å². The van der Waals surface area contributed by atoms with Gasteiger partial charge in [-0.2, -0.15) is 5.26 Å². The van der Waals surface area contributed by atoms with E-state index >= 15 is 0 Å². The number of hydrogen-bond acceptors (Lipinski definition) is 5. The minimum Gasteiger partial charge on any atom is -0.481 e. The molecule has 0 spiro atoms. The van der Waals surface area contributed by atoms with Crippen molar-refractivity contribution in [2.24, 2.45) is 0 Å². The number of nitriles is 1. The normalized spacial score (nSPS) is 14.3. The topological polar surface area (TPSA) is 84.2 Å². The van der Waals surface area contributed by atoms with Crippen molar-refractivity contribution in [3.05, 3.63) is 34.4 Å². The van der Waals surface area contributed by atoms with Crippen LogP contribution in [0.2, 0.25) is 0 Å². The second-order valence-corrected chi connectivity index (χ2v) is 7.26. The van der Waals surface area contributed by atoms with Crippen LogP contribution in [0, 0.1) is 18.3 Å². The molecular weight excluding hydrogens is 398 g/mol. The quantitative estimate of drug-likeness (QED) is 0.741. The van der Waals surface area contributed by atoms with Crippen molar-refractivity contribution in [2.75, 3.05) is 13.7 Å². The number of fused-ring (bicyclic) bond motifs is 1. The molecule has 0 aliphatic carbocycles. The summed E-state index contributed by atoms with van der Waals surface area (Å²) in [5.74, 6) is 0.237. The lowest BCUT2D eigenvalue weighted by atomic mass is 10.1. The lowest BCUT2D eigenvalue weighted by Gasteiger charge is -2.25. The molecule has 0 radical (unpaired) electrons. The van der Waals surface area contributed by atoms with Gasteiger partial charge in [0.1, 0.15) is 11.3 Å². The summed E-state index contributed by atoms with van der Waals surface area (Å²) in [4.78, 5) is 17.0. The Morgan fingerprint density at radius 1 is 1.46 bits per heavy atom. The van der Waals surface area contributed by atoms with Crippen molar-refractivity contribution >= 4 is 32.7 Å². The number of pyridine rings is 1. The van der Waals surface area contributed by atoms with Crippen molar-refractivity contribution in [1.29, 1.82) is 5.26 Å². The molecule has 0 aliphatic heterocycles. The molecule has 1 aromatic heterocycles.